The second kappa shape index (κ2) is 2.74. The van der Waals surface area contributed by atoms with Gasteiger partial charge >= 0.3 is 0 Å². The first-order chi connectivity index (χ1) is 6.20. The van der Waals surface area contributed by atoms with Crippen molar-refractivity contribution in [1.29, 1.82) is 0 Å². The summed E-state index contributed by atoms with van der Waals surface area (Å²) in [5.74, 6) is 0. The van der Waals surface area contributed by atoms with Gasteiger partial charge in [-0.3, -0.25) is 4.40 Å². The molecule has 4 nitrogen and oxygen atoms in total. The van der Waals surface area contributed by atoms with Crippen LogP contribution < -0.4 is 0 Å². The molecule has 4 heteroatoms. The molecule has 2 N–H and O–H groups in total. The Morgan fingerprint density at radius 3 is 2.92 bits per heavy atom. The number of pyridine rings is 1. The molecule has 2 aromatic rings. The maximum atomic E-state index is 9.38. The van der Waals surface area contributed by atoms with Gasteiger partial charge in [-0.2, -0.15) is 4.98 Å². The Morgan fingerprint density at radius 1 is 1.46 bits per heavy atom. The molecule has 0 aromatic carbocycles. The summed E-state index contributed by atoms with van der Waals surface area (Å²) in [6, 6.07) is 5.34. The lowest BCUT2D eigenvalue weighted by molar-refractivity contribution is 0.195. The van der Waals surface area contributed by atoms with E-state index in [1.807, 2.05) is 6.07 Å². The molecule has 0 bridgehead atoms. The summed E-state index contributed by atoms with van der Waals surface area (Å²) in [6.45, 7) is 1.62. The van der Waals surface area contributed by atoms with E-state index in [0.717, 1.165) is 5.52 Å². The topological polar surface area (TPSA) is 57.8 Å². The third-order valence-electron chi connectivity index (χ3n) is 1.95. The standard InChI is InChI=1S/C9H10N2O2/c1-6(12)8-7-4-2-3-5-11(7)9(13)10-8/h2-6,12H,1H3,(H,10,13). The van der Waals surface area contributed by atoms with Crippen LogP contribution in [0.4, 0.5) is 0 Å². The molecule has 13 heavy (non-hydrogen) atoms. The van der Waals surface area contributed by atoms with Crippen LogP contribution in [0.25, 0.3) is 5.52 Å². The first kappa shape index (κ1) is 8.07. The van der Waals surface area contributed by atoms with Gasteiger partial charge in [0.05, 0.1) is 17.3 Å². The van der Waals surface area contributed by atoms with E-state index in [1.165, 1.54) is 4.40 Å². The van der Waals surface area contributed by atoms with Crippen LogP contribution in [0.15, 0.2) is 24.4 Å². The van der Waals surface area contributed by atoms with Gasteiger partial charge in [0.1, 0.15) is 0 Å². The molecule has 0 amide bonds. The number of aromatic nitrogens is 2. The molecule has 0 radical (unpaired) electrons. The minimum absolute atomic E-state index is 0.0912. The van der Waals surface area contributed by atoms with Crippen molar-refractivity contribution < 1.29 is 10.2 Å². The van der Waals surface area contributed by atoms with Gasteiger partial charge in [0, 0.05) is 6.20 Å². The minimum atomic E-state index is -0.668. The Hall–Kier alpha value is -1.55. The largest absolute Gasteiger partial charge is 0.480 e. The molecular formula is C9H10N2O2. The molecule has 0 aliphatic carbocycles. The summed E-state index contributed by atoms with van der Waals surface area (Å²) in [5, 5.41) is 18.7. The van der Waals surface area contributed by atoms with E-state index in [9.17, 15) is 10.2 Å². The van der Waals surface area contributed by atoms with Crippen LogP contribution in [0.5, 0.6) is 6.01 Å². The second-order valence-electron chi connectivity index (χ2n) is 2.93. The van der Waals surface area contributed by atoms with E-state index < -0.39 is 6.10 Å². The van der Waals surface area contributed by atoms with Gasteiger partial charge in [0.2, 0.25) is 0 Å². The van der Waals surface area contributed by atoms with Crippen molar-refractivity contribution in [3.8, 4) is 6.01 Å². The van der Waals surface area contributed by atoms with Crippen molar-refractivity contribution in [2.75, 3.05) is 0 Å². The number of aromatic hydroxyl groups is 1. The highest BCUT2D eigenvalue weighted by molar-refractivity contribution is 5.54. The monoisotopic (exact) mass is 178 g/mol. The van der Waals surface area contributed by atoms with E-state index in [-0.39, 0.29) is 6.01 Å². The highest BCUT2D eigenvalue weighted by Crippen LogP contribution is 2.22. The first-order valence-electron chi connectivity index (χ1n) is 4.04. The van der Waals surface area contributed by atoms with Crippen molar-refractivity contribution >= 4 is 5.52 Å². The summed E-state index contributed by atoms with van der Waals surface area (Å²) < 4.78 is 1.53. The van der Waals surface area contributed by atoms with Gasteiger partial charge in [-0.1, -0.05) is 6.07 Å². The Kier molecular flexibility index (Phi) is 1.70. The third-order valence-corrected chi connectivity index (χ3v) is 1.95. The average Bonchev–Trinajstić information content (AvgIpc) is 2.45. The van der Waals surface area contributed by atoms with E-state index >= 15 is 0 Å². The lowest BCUT2D eigenvalue weighted by Crippen LogP contribution is -1.91. The van der Waals surface area contributed by atoms with Crippen LogP contribution in [0, 0.1) is 0 Å². The predicted molar refractivity (Wildman–Crippen MR) is 47.5 cm³/mol. The number of aliphatic hydroxyl groups excluding tert-OH is 1. The minimum Gasteiger partial charge on any atom is -0.480 e. The van der Waals surface area contributed by atoms with E-state index in [1.54, 1.807) is 25.3 Å². The number of imidazole rings is 1. The molecule has 0 saturated carbocycles. The van der Waals surface area contributed by atoms with Crippen molar-refractivity contribution in [3.05, 3.63) is 30.1 Å². The Morgan fingerprint density at radius 2 is 2.23 bits per heavy atom. The highest BCUT2D eigenvalue weighted by atomic mass is 16.3. The predicted octanol–water partition coefficient (Wildman–Crippen LogP) is 1.09. The van der Waals surface area contributed by atoms with Gasteiger partial charge in [0.25, 0.3) is 6.01 Å². The van der Waals surface area contributed by atoms with Crippen molar-refractivity contribution in [3.63, 3.8) is 0 Å². The van der Waals surface area contributed by atoms with Gasteiger partial charge in [0.15, 0.2) is 0 Å². The number of aliphatic hydroxyl groups is 1. The van der Waals surface area contributed by atoms with Crippen LogP contribution in [0.1, 0.15) is 18.7 Å². The summed E-state index contributed by atoms with van der Waals surface area (Å²) in [5.41, 5.74) is 1.23. The zero-order chi connectivity index (χ0) is 9.42. The Bertz CT molecular complexity index is 434. The molecule has 1 unspecified atom stereocenters. The zero-order valence-corrected chi connectivity index (χ0v) is 7.18. The fourth-order valence-electron chi connectivity index (χ4n) is 1.35. The van der Waals surface area contributed by atoms with Crippen LogP contribution in [0.2, 0.25) is 0 Å². The normalized spacial score (nSPS) is 13.4. The number of hydrogen-bond donors (Lipinski definition) is 2. The van der Waals surface area contributed by atoms with Crippen LogP contribution in [0.3, 0.4) is 0 Å². The zero-order valence-electron chi connectivity index (χ0n) is 7.18. The lowest BCUT2D eigenvalue weighted by atomic mass is 10.2. The highest BCUT2D eigenvalue weighted by Gasteiger charge is 2.12. The van der Waals surface area contributed by atoms with Gasteiger partial charge in [-0.05, 0) is 19.1 Å². The quantitative estimate of drug-likeness (QED) is 0.687. The summed E-state index contributed by atoms with van der Waals surface area (Å²) in [6.07, 6.45) is 1.03. The molecule has 68 valence electrons. The number of hydrogen-bond acceptors (Lipinski definition) is 3. The molecule has 0 spiro atoms. The first-order valence-corrected chi connectivity index (χ1v) is 4.04. The molecular weight excluding hydrogens is 168 g/mol. The van der Waals surface area contributed by atoms with E-state index in [4.69, 9.17) is 0 Å². The smallest absolute Gasteiger partial charge is 0.298 e. The molecule has 0 saturated heterocycles. The molecule has 0 aliphatic rings. The number of rotatable bonds is 1. The SMILES string of the molecule is CC(O)c1nc(O)n2ccccc12. The maximum Gasteiger partial charge on any atom is 0.298 e. The second-order valence-corrected chi connectivity index (χ2v) is 2.93. The van der Waals surface area contributed by atoms with Gasteiger partial charge in [-0.15, -0.1) is 0 Å². The maximum absolute atomic E-state index is 9.38. The summed E-state index contributed by atoms with van der Waals surface area (Å²) in [7, 11) is 0. The van der Waals surface area contributed by atoms with Gasteiger partial charge < -0.3 is 10.2 Å². The Labute approximate surface area is 75.1 Å². The fraction of sp³-hybridized carbons (Fsp3) is 0.222. The summed E-state index contributed by atoms with van der Waals surface area (Å²) in [4.78, 5) is 3.86. The van der Waals surface area contributed by atoms with Crippen molar-refractivity contribution in [2.24, 2.45) is 0 Å². The van der Waals surface area contributed by atoms with Crippen molar-refractivity contribution in [2.45, 2.75) is 13.0 Å². The average molecular weight is 178 g/mol. The third kappa shape index (κ3) is 1.15. The van der Waals surface area contributed by atoms with Crippen LogP contribution in [-0.4, -0.2) is 19.6 Å². The van der Waals surface area contributed by atoms with E-state index in [2.05, 4.69) is 4.98 Å². The number of fused-ring (bicyclic) bond motifs is 1. The lowest BCUT2D eigenvalue weighted by Gasteiger charge is -1.98. The van der Waals surface area contributed by atoms with Crippen molar-refractivity contribution in [1.82, 2.24) is 9.38 Å². The molecule has 2 heterocycles. The number of nitrogens with zero attached hydrogens (tertiary/aromatic N) is 2. The molecule has 2 aromatic heterocycles. The van der Waals surface area contributed by atoms with Crippen LogP contribution >= 0.6 is 0 Å². The van der Waals surface area contributed by atoms with Gasteiger partial charge in [-0.25, -0.2) is 0 Å². The van der Waals surface area contributed by atoms with Crippen LogP contribution in [-0.2, 0) is 0 Å². The Balaban J connectivity index is 2.78. The fourth-order valence-corrected chi connectivity index (χ4v) is 1.35. The molecule has 0 fully saturated rings. The van der Waals surface area contributed by atoms with E-state index in [0.29, 0.717) is 5.69 Å². The molecule has 0 aliphatic heterocycles. The molecule has 2 rings (SSSR count). The summed E-state index contributed by atoms with van der Waals surface area (Å²) >= 11 is 0. The molecule has 1 atom stereocenters.